The van der Waals surface area contributed by atoms with Gasteiger partial charge in [0, 0.05) is 10.6 Å². The van der Waals surface area contributed by atoms with Gasteiger partial charge >= 0.3 is 32.2 Å². The van der Waals surface area contributed by atoms with E-state index in [1.807, 2.05) is 19.1 Å². The fourth-order valence-corrected chi connectivity index (χ4v) is 5.71. The maximum Gasteiger partial charge on any atom is 0.367 e. The first-order valence-electron chi connectivity index (χ1n) is 11.1. The van der Waals surface area contributed by atoms with Crippen molar-refractivity contribution in [2.24, 2.45) is 10.3 Å². The van der Waals surface area contributed by atoms with Gasteiger partial charge in [-0.3, -0.25) is 8.57 Å². The molecule has 0 heterocycles. The molecule has 16 heteroatoms. The van der Waals surface area contributed by atoms with Crippen molar-refractivity contribution in [2.45, 2.75) is 23.3 Å². The number of rotatable bonds is 11. The van der Waals surface area contributed by atoms with Gasteiger partial charge in [-0.05, 0) is 30.2 Å². The second-order valence-electron chi connectivity index (χ2n) is 7.66. The van der Waals surface area contributed by atoms with Crippen molar-refractivity contribution in [2.75, 3.05) is 20.0 Å². The predicted molar refractivity (Wildman–Crippen MR) is 152 cm³/mol. The van der Waals surface area contributed by atoms with E-state index in [0.717, 1.165) is 43.3 Å². The van der Waals surface area contributed by atoms with Crippen LogP contribution in [0.25, 0.3) is 0 Å². The molecule has 0 N–H and O–H groups in total. The Labute approximate surface area is 241 Å². The molecule has 0 aliphatic rings. The average Bonchev–Trinajstić information content (AvgIpc) is 2.92. The number of hydrogen-bond acceptors (Lipinski definition) is 14. The van der Waals surface area contributed by atoms with Gasteiger partial charge < -0.3 is 9.47 Å². The largest absolute Gasteiger partial charge is 0.464 e. The molecule has 216 valence electrons. The Kier molecular flexibility index (Phi) is 12.7. The van der Waals surface area contributed by atoms with Gasteiger partial charge in [-0.25, -0.2) is 9.59 Å². The summed E-state index contributed by atoms with van der Waals surface area (Å²) in [6.45, 7) is 5.39. The van der Waals surface area contributed by atoms with E-state index >= 15 is 0 Å². The summed E-state index contributed by atoms with van der Waals surface area (Å²) in [5, 5.41) is 6.24. The van der Waals surface area contributed by atoms with Gasteiger partial charge in [0.15, 0.2) is 0 Å². The quantitative estimate of drug-likeness (QED) is 0.0889. The number of methoxy groups -OCH3 is 2. The van der Waals surface area contributed by atoms with E-state index in [4.69, 9.17) is 4.28 Å². The van der Waals surface area contributed by atoms with Gasteiger partial charge in [-0.15, -0.1) is 6.58 Å². The van der Waals surface area contributed by atoms with Crippen LogP contribution in [0.2, 0.25) is 0 Å². The molecule has 0 aliphatic heterocycles. The van der Waals surface area contributed by atoms with Crippen LogP contribution < -0.4 is 0 Å². The summed E-state index contributed by atoms with van der Waals surface area (Å²) in [7, 11) is -6.28. The van der Waals surface area contributed by atoms with Crippen molar-refractivity contribution in [1.29, 1.82) is 0 Å². The highest BCUT2D eigenvalue weighted by atomic mass is 32.2. The van der Waals surface area contributed by atoms with Gasteiger partial charge in [-0.2, -0.15) is 16.8 Å². The van der Waals surface area contributed by atoms with Crippen LogP contribution in [0, 0.1) is 6.92 Å². The molecule has 2 aromatic rings. The van der Waals surface area contributed by atoms with E-state index in [1.165, 1.54) is 30.3 Å². The third-order valence-corrected chi connectivity index (χ3v) is 8.31. The fourth-order valence-electron chi connectivity index (χ4n) is 2.62. The number of hydrogen-bond donors (Lipinski definition) is 0. The van der Waals surface area contributed by atoms with Crippen molar-refractivity contribution < 1.29 is 44.5 Å². The minimum atomic E-state index is -4.28. The zero-order chi connectivity index (χ0) is 29.8. The van der Waals surface area contributed by atoms with Gasteiger partial charge in [0.05, 0.1) is 14.2 Å². The van der Waals surface area contributed by atoms with Crippen LogP contribution >= 0.6 is 23.5 Å². The summed E-state index contributed by atoms with van der Waals surface area (Å²) in [6.07, 6.45) is 1.49. The van der Waals surface area contributed by atoms with Crippen molar-refractivity contribution in [3.63, 3.8) is 0 Å². The summed E-state index contributed by atoms with van der Waals surface area (Å²) < 4.78 is 68.0. The maximum atomic E-state index is 12.5. The number of carbonyl (C=O) groups excluding carboxylic acids is 2. The van der Waals surface area contributed by atoms with Gasteiger partial charge in [0.1, 0.15) is 11.5 Å². The molecule has 0 saturated heterocycles. The summed E-state index contributed by atoms with van der Waals surface area (Å²) in [4.78, 5) is 24.4. The molecule has 0 spiro atoms. The van der Waals surface area contributed by atoms with Gasteiger partial charge in [0.2, 0.25) is 10.1 Å². The smallest absolute Gasteiger partial charge is 0.367 e. The Balaban J connectivity index is 2.06. The summed E-state index contributed by atoms with van der Waals surface area (Å²) in [5.41, 5.74) is 1.52. The first kappa shape index (κ1) is 32.9. The molecule has 40 heavy (non-hydrogen) atoms. The summed E-state index contributed by atoms with van der Waals surface area (Å²) in [6, 6.07) is 12.6. The molecule has 0 radical (unpaired) electrons. The SMILES string of the molecule is C=CCSC(=NOS(=O)(=O)Cc1ccc(CS(=O)(=O)ON=C(Sc2ccc(C)cc2)C(=O)OC)cc1)C(=O)OC. The van der Waals surface area contributed by atoms with Crippen molar-refractivity contribution in [3.8, 4) is 0 Å². The minimum Gasteiger partial charge on any atom is -0.464 e. The van der Waals surface area contributed by atoms with Crippen LogP contribution in [0.15, 0.2) is 76.4 Å². The Morgan fingerprint density at radius 2 is 1.25 bits per heavy atom. The lowest BCUT2D eigenvalue weighted by atomic mass is 10.2. The molecule has 0 unspecified atom stereocenters. The molecule has 0 bridgehead atoms. The van der Waals surface area contributed by atoms with Crippen LogP contribution in [-0.4, -0.2) is 58.8 Å². The number of aryl methyl sites for hydroxylation is 1. The highest BCUT2D eigenvalue weighted by molar-refractivity contribution is 8.16. The van der Waals surface area contributed by atoms with E-state index < -0.39 is 43.7 Å². The number of nitrogens with zero attached hydrogens (tertiary/aromatic N) is 2. The first-order valence-corrected chi connectivity index (χ1v) is 16.0. The van der Waals surface area contributed by atoms with Crippen LogP contribution in [-0.2, 0) is 59.4 Å². The molecule has 0 atom stereocenters. The second kappa shape index (κ2) is 15.4. The summed E-state index contributed by atoms with van der Waals surface area (Å²) in [5.74, 6) is -2.70. The molecule has 2 aromatic carbocycles. The van der Waals surface area contributed by atoms with Gasteiger partial charge in [-0.1, -0.05) is 81.9 Å². The average molecular weight is 631 g/mol. The molecule has 0 aliphatic carbocycles. The zero-order valence-corrected chi connectivity index (χ0v) is 24.9. The zero-order valence-electron chi connectivity index (χ0n) is 21.6. The topological polar surface area (TPSA) is 164 Å². The van der Waals surface area contributed by atoms with E-state index in [0.29, 0.717) is 4.90 Å². The number of carbonyl (C=O) groups is 2. The standard InChI is InChI=1S/C24H26N2O10S4/c1-5-14-37-21(23(27)33-3)25-35-39(29,30)15-18-8-10-19(11-9-18)16-40(31,32)36-26-22(24(28)34-4)38-20-12-6-17(2)7-13-20/h5-13H,1,14-16H2,2-4H3. The molecule has 2 rings (SSSR count). The van der Waals surface area contributed by atoms with E-state index in [-0.39, 0.29) is 27.0 Å². The van der Waals surface area contributed by atoms with E-state index in [1.54, 1.807) is 12.1 Å². The normalized spacial score (nSPS) is 12.4. The fraction of sp³-hybridized carbons (Fsp3) is 0.250. The molecule has 12 nitrogen and oxygen atoms in total. The van der Waals surface area contributed by atoms with Crippen LogP contribution in [0.5, 0.6) is 0 Å². The monoisotopic (exact) mass is 630 g/mol. The first-order chi connectivity index (χ1) is 18.9. The number of benzene rings is 2. The lowest BCUT2D eigenvalue weighted by Crippen LogP contribution is -2.15. The number of thioether (sulfide) groups is 2. The Morgan fingerprint density at radius 1 is 0.800 bits per heavy atom. The second-order valence-corrected chi connectivity index (χ2v) is 12.8. The Bertz CT molecular complexity index is 1470. The molecular weight excluding hydrogens is 605 g/mol. The molecular formula is C24H26N2O10S4. The summed E-state index contributed by atoms with van der Waals surface area (Å²) >= 11 is 1.75. The Hall–Kier alpha value is -3.34. The van der Waals surface area contributed by atoms with Gasteiger partial charge in [0.25, 0.3) is 0 Å². The van der Waals surface area contributed by atoms with Crippen LogP contribution in [0.3, 0.4) is 0 Å². The lowest BCUT2D eigenvalue weighted by molar-refractivity contribution is -0.133. The third kappa shape index (κ3) is 11.4. The highest BCUT2D eigenvalue weighted by Crippen LogP contribution is 2.22. The van der Waals surface area contributed by atoms with Crippen LogP contribution in [0.4, 0.5) is 0 Å². The van der Waals surface area contributed by atoms with E-state index in [9.17, 15) is 26.4 Å². The third-order valence-electron chi connectivity index (χ3n) is 4.47. The van der Waals surface area contributed by atoms with E-state index in [2.05, 4.69) is 30.6 Å². The minimum absolute atomic E-state index is 0.259. The molecule has 0 amide bonds. The molecule has 0 fully saturated rings. The van der Waals surface area contributed by atoms with Crippen molar-refractivity contribution in [1.82, 2.24) is 0 Å². The number of oxime groups is 2. The number of ether oxygens (including phenoxy) is 2. The predicted octanol–water partition coefficient (Wildman–Crippen LogP) is 3.37. The number of esters is 2. The lowest BCUT2D eigenvalue weighted by Gasteiger charge is -2.07. The van der Waals surface area contributed by atoms with Crippen molar-refractivity contribution in [3.05, 3.63) is 77.9 Å². The molecule has 0 saturated carbocycles. The maximum absolute atomic E-state index is 12.5. The Morgan fingerprint density at radius 3 is 1.70 bits per heavy atom. The van der Waals surface area contributed by atoms with Crippen LogP contribution in [0.1, 0.15) is 16.7 Å². The molecule has 0 aromatic heterocycles. The highest BCUT2D eigenvalue weighted by Gasteiger charge is 2.21. The van der Waals surface area contributed by atoms with Crippen molar-refractivity contribution >= 4 is 65.8 Å².